The Balaban J connectivity index is 2.57. The molecule has 0 aliphatic rings. The molecule has 82 valence electrons. The minimum Gasteiger partial charge on any atom is -0.495 e. The Labute approximate surface area is 89.4 Å². The van der Waals surface area contributed by atoms with Crippen molar-refractivity contribution >= 4 is 11.7 Å². The third-order valence-electron chi connectivity index (χ3n) is 2.06. The summed E-state index contributed by atoms with van der Waals surface area (Å²) in [6.07, 6.45) is 2.21. The lowest BCUT2D eigenvalue weighted by molar-refractivity contribution is 0.413. The summed E-state index contributed by atoms with van der Waals surface area (Å²) >= 11 is 0. The number of nitrogens with two attached hydrogens (primary N) is 1. The van der Waals surface area contributed by atoms with Crippen LogP contribution in [-0.4, -0.2) is 31.5 Å². The predicted molar refractivity (Wildman–Crippen MR) is 60.6 cm³/mol. The highest BCUT2D eigenvalue weighted by Crippen LogP contribution is 2.14. The Bertz CT molecular complexity index is 323. The molecule has 0 bridgehead atoms. The van der Waals surface area contributed by atoms with E-state index < -0.39 is 0 Å². The molecule has 3 N–H and O–H groups in total. The number of aromatic nitrogens is 1. The number of anilines is 1. The summed E-state index contributed by atoms with van der Waals surface area (Å²) in [6, 6.07) is 3.73. The van der Waals surface area contributed by atoms with Gasteiger partial charge in [0.05, 0.1) is 19.1 Å². The van der Waals surface area contributed by atoms with E-state index in [9.17, 15) is 0 Å². The number of methoxy groups -OCH3 is 1. The third-order valence-corrected chi connectivity index (χ3v) is 2.06. The highest BCUT2D eigenvalue weighted by molar-refractivity contribution is 5.77. The van der Waals surface area contributed by atoms with Crippen molar-refractivity contribution in [2.24, 2.45) is 5.73 Å². The predicted octanol–water partition coefficient (Wildman–Crippen LogP) is 0.852. The first-order chi connectivity index (χ1) is 7.13. The van der Waals surface area contributed by atoms with Gasteiger partial charge in [-0.1, -0.05) is 0 Å². The van der Waals surface area contributed by atoms with Gasteiger partial charge in [0, 0.05) is 20.0 Å². The van der Waals surface area contributed by atoms with Crippen molar-refractivity contribution in [3.63, 3.8) is 0 Å². The van der Waals surface area contributed by atoms with E-state index in [2.05, 4.69) is 4.98 Å². The molecule has 0 spiro atoms. The zero-order valence-corrected chi connectivity index (χ0v) is 9.03. The lowest BCUT2D eigenvalue weighted by atomic mass is 10.3. The molecule has 0 amide bonds. The lowest BCUT2D eigenvalue weighted by Crippen LogP contribution is -2.24. The largest absolute Gasteiger partial charge is 0.495 e. The number of hydrogen-bond donors (Lipinski definition) is 2. The minimum atomic E-state index is 0.190. The summed E-state index contributed by atoms with van der Waals surface area (Å²) < 4.78 is 5.01. The highest BCUT2D eigenvalue weighted by atomic mass is 16.5. The Morgan fingerprint density at radius 3 is 2.80 bits per heavy atom. The fourth-order valence-electron chi connectivity index (χ4n) is 1.12. The molecule has 0 unspecified atom stereocenters. The SMILES string of the molecule is COc1ccc(N(C)CCC(=N)N)nc1. The number of amidine groups is 1. The third kappa shape index (κ3) is 3.46. The van der Waals surface area contributed by atoms with Crippen LogP contribution >= 0.6 is 0 Å². The van der Waals surface area contributed by atoms with E-state index in [1.807, 2.05) is 24.1 Å². The summed E-state index contributed by atoms with van der Waals surface area (Å²) in [7, 11) is 3.52. The van der Waals surface area contributed by atoms with Crippen molar-refractivity contribution in [3.8, 4) is 5.75 Å². The number of pyridine rings is 1. The molecule has 0 aromatic carbocycles. The monoisotopic (exact) mass is 208 g/mol. The Morgan fingerprint density at radius 1 is 1.60 bits per heavy atom. The van der Waals surface area contributed by atoms with Crippen molar-refractivity contribution in [2.75, 3.05) is 25.6 Å². The van der Waals surface area contributed by atoms with Crippen LogP contribution in [0.3, 0.4) is 0 Å². The van der Waals surface area contributed by atoms with E-state index in [0.29, 0.717) is 13.0 Å². The topological polar surface area (TPSA) is 75.2 Å². The minimum absolute atomic E-state index is 0.190. The first-order valence-corrected chi connectivity index (χ1v) is 4.67. The maximum atomic E-state index is 7.12. The van der Waals surface area contributed by atoms with Gasteiger partial charge in [0.15, 0.2) is 0 Å². The number of ether oxygens (including phenoxy) is 1. The molecule has 0 atom stereocenters. The fraction of sp³-hybridized carbons (Fsp3) is 0.400. The van der Waals surface area contributed by atoms with Crippen molar-refractivity contribution < 1.29 is 4.74 Å². The van der Waals surface area contributed by atoms with Gasteiger partial charge in [-0.3, -0.25) is 5.41 Å². The maximum absolute atomic E-state index is 7.12. The summed E-state index contributed by atoms with van der Waals surface area (Å²) in [5.74, 6) is 1.77. The van der Waals surface area contributed by atoms with Crippen LogP contribution in [0.5, 0.6) is 5.75 Å². The molecular weight excluding hydrogens is 192 g/mol. The van der Waals surface area contributed by atoms with Crippen molar-refractivity contribution in [2.45, 2.75) is 6.42 Å². The number of nitrogens with one attached hydrogen (secondary N) is 1. The average molecular weight is 208 g/mol. The smallest absolute Gasteiger partial charge is 0.137 e. The van der Waals surface area contributed by atoms with E-state index in [1.54, 1.807) is 13.3 Å². The molecule has 1 aromatic heterocycles. The fourth-order valence-corrected chi connectivity index (χ4v) is 1.12. The van der Waals surface area contributed by atoms with E-state index in [4.69, 9.17) is 15.9 Å². The van der Waals surface area contributed by atoms with Crippen LogP contribution in [0, 0.1) is 5.41 Å². The molecule has 0 saturated heterocycles. The van der Waals surface area contributed by atoms with Gasteiger partial charge in [0.1, 0.15) is 11.6 Å². The average Bonchev–Trinajstić information content (AvgIpc) is 2.26. The van der Waals surface area contributed by atoms with Crippen LogP contribution in [0.1, 0.15) is 6.42 Å². The second-order valence-corrected chi connectivity index (χ2v) is 3.25. The molecule has 15 heavy (non-hydrogen) atoms. The molecule has 1 heterocycles. The standard InChI is InChI=1S/C10H16N4O/c1-14(6-5-9(11)12)10-4-3-8(15-2)7-13-10/h3-4,7H,5-6H2,1-2H3,(H3,11,12). The summed E-state index contributed by atoms with van der Waals surface area (Å²) in [5, 5.41) is 7.12. The molecule has 5 nitrogen and oxygen atoms in total. The molecule has 0 aliphatic carbocycles. The van der Waals surface area contributed by atoms with Crippen LogP contribution in [0.15, 0.2) is 18.3 Å². The van der Waals surface area contributed by atoms with Gasteiger partial charge in [-0.25, -0.2) is 4.98 Å². The van der Waals surface area contributed by atoms with Crippen LogP contribution in [0.4, 0.5) is 5.82 Å². The molecule has 0 saturated carbocycles. The van der Waals surface area contributed by atoms with Gasteiger partial charge < -0.3 is 15.4 Å². The van der Waals surface area contributed by atoms with E-state index in [1.165, 1.54) is 0 Å². The van der Waals surface area contributed by atoms with Gasteiger partial charge in [-0.15, -0.1) is 0 Å². The Morgan fingerprint density at radius 2 is 2.33 bits per heavy atom. The second-order valence-electron chi connectivity index (χ2n) is 3.25. The van der Waals surface area contributed by atoms with E-state index in [0.717, 1.165) is 11.6 Å². The van der Waals surface area contributed by atoms with Gasteiger partial charge in [-0.2, -0.15) is 0 Å². The Hall–Kier alpha value is -1.78. The molecular formula is C10H16N4O. The summed E-state index contributed by atoms with van der Waals surface area (Å²) in [4.78, 5) is 6.16. The first kappa shape index (κ1) is 11.3. The number of rotatable bonds is 5. The van der Waals surface area contributed by atoms with Gasteiger partial charge in [0.25, 0.3) is 0 Å². The second kappa shape index (κ2) is 5.19. The lowest BCUT2D eigenvalue weighted by Gasteiger charge is -2.17. The van der Waals surface area contributed by atoms with Crippen LogP contribution in [0.25, 0.3) is 0 Å². The molecule has 0 aliphatic heterocycles. The number of hydrogen-bond acceptors (Lipinski definition) is 4. The van der Waals surface area contributed by atoms with Gasteiger partial charge in [-0.05, 0) is 12.1 Å². The first-order valence-electron chi connectivity index (χ1n) is 4.67. The van der Waals surface area contributed by atoms with Crippen molar-refractivity contribution in [1.29, 1.82) is 5.41 Å². The normalized spacial score (nSPS) is 9.73. The molecule has 5 heteroatoms. The van der Waals surface area contributed by atoms with Crippen LogP contribution in [0.2, 0.25) is 0 Å². The zero-order valence-electron chi connectivity index (χ0n) is 9.03. The van der Waals surface area contributed by atoms with Gasteiger partial charge >= 0.3 is 0 Å². The zero-order chi connectivity index (χ0) is 11.3. The van der Waals surface area contributed by atoms with Crippen molar-refractivity contribution in [3.05, 3.63) is 18.3 Å². The van der Waals surface area contributed by atoms with Crippen LogP contribution < -0.4 is 15.4 Å². The molecule has 1 rings (SSSR count). The van der Waals surface area contributed by atoms with E-state index in [-0.39, 0.29) is 5.84 Å². The van der Waals surface area contributed by atoms with Crippen molar-refractivity contribution in [1.82, 2.24) is 4.98 Å². The quantitative estimate of drug-likeness (QED) is 0.555. The maximum Gasteiger partial charge on any atom is 0.137 e. The summed E-state index contributed by atoms with van der Waals surface area (Å²) in [5.41, 5.74) is 5.28. The molecule has 0 radical (unpaired) electrons. The number of nitrogens with zero attached hydrogens (tertiary/aromatic N) is 2. The molecule has 1 aromatic rings. The Kier molecular flexibility index (Phi) is 3.91. The summed E-state index contributed by atoms with van der Waals surface area (Å²) in [6.45, 7) is 0.689. The molecule has 0 fully saturated rings. The van der Waals surface area contributed by atoms with Crippen LogP contribution in [-0.2, 0) is 0 Å². The van der Waals surface area contributed by atoms with Gasteiger partial charge in [0.2, 0.25) is 0 Å². The highest BCUT2D eigenvalue weighted by Gasteiger charge is 2.02. The van der Waals surface area contributed by atoms with E-state index >= 15 is 0 Å².